The Morgan fingerprint density at radius 3 is 2.75 bits per heavy atom. The Morgan fingerprint density at radius 2 is 2.10 bits per heavy atom. The van der Waals surface area contributed by atoms with E-state index in [9.17, 15) is 4.79 Å². The highest BCUT2D eigenvalue weighted by molar-refractivity contribution is 5.88. The predicted molar refractivity (Wildman–Crippen MR) is 78.5 cm³/mol. The molecule has 20 heavy (non-hydrogen) atoms. The highest BCUT2D eigenvalue weighted by Crippen LogP contribution is 2.23. The number of anilines is 2. The van der Waals surface area contributed by atoms with Crippen LogP contribution in [0.4, 0.5) is 11.4 Å². The van der Waals surface area contributed by atoms with Gasteiger partial charge in [-0.1, -0.05) is 6.07 Å². The Balaban J connectivity index is 2.13. The largest absolute Gasteiger partial charge is 0.478 e. The molecule has 0 aliphatic carbocycles. The van der Waals surface area contributed by atoms with Crippen LogP contribution in [0.25, 0.3) is 0 Å². The number of carboxylic acid groups (broad SMARTS) is 1. The molecule has 0 atom stereocenters. The zero-order chi connectivity index (χ0) is 14.7. The van der Waals surface area contributed by atoms with Gasteiger partial charge in [0.2, 0.25) is 0 Å². The van der Waals surface area contributed by atoms with Crippen LogP contribution in [0.2, 0.25) is 0 Å². The zero-order valence-electron chi connectivity index (χ0n) is 11.8. The summed E-state index contributed by atoms with van der Waals surface area (Å²) in [5, 5.41) is 12.2. The van der Waals surface area contributed by atoms with E-state index in [0.717, 1.165) is 11.4 Å². The molecular formula is C15H18N2O3. The van der Waals surface area contributed by atoms with Gasteiger partial charge in [-0.05, 0) is 30.7 Å². The van der Waals surface area contributed by atoms with Crippen molar-refractivity contribution in [3.63, 3.8) is 0 Å². The first-order chi connectivity index (χ1) is 9.49. The minimum atomic E-state index is -0.978. The summed E-state index contributed by atoms with van der Waals surface area (Å²) in [6.07, 6.45) is 1.39. The number of hydrogen-bond acceptors (Lipinski definition) is 4. The number of carboxylic acids is 1. The smallest absolute Gasteiger partial charge is 0.339 e. The molecule has 0 bridgehead atoms. The van der Waals surface area contributed by atoms with Crippen LogP contribution in [0.3, 0.4) is 0 Å². The highest BCUT2D eigenvalue weighted by atomic mass is 16.4. The number of aryl methyl sites for hydroxylation is 1. The first-order valence-corrected chi connectivity index (χ1v) is 6.30. The summed E-state index contributed by atoms with van der Waals surface area (Å²) in [7, 11) is 3.97. The summed E-state index contributed by atoms with van der Waals surface area (Å²) >= 11 is 0. The Bertz CT molecular complexity index is 617. The molecule has 0 aliphatic heterocycles. The van der Waals surface area contributed by atoms with Gasteiger partial charge in [0, 0.05) is 25.5 Å². The van der Waals surface area contributed by atoms with E-state index in [1.54, 1.807) is 0 Å². The van der Waals surface area contributed by atoms with E-state index >= 15 is 0 Å². The number of benzene rings is 1. The molecule has 0 aliphatic rings. The van der Waals surface area contributed by atoms with Crippen LogP contribution in [0.1, 0.15) is 21.7 Å². The summed E-state index contributed by atoms with van der Waals surface area (Å²) in [6, 6.07) is 7.47. The fourth-order valence-electron chi connectivity index (χ4n) is 2.05. The van der Waals surface area contributed by atoms with E-state index in [1.165, 1.54) is 17.9 Å². The Kier molecular flexibility index (Phi) is 3.98. The second-order valence-electron chi connectivity index (χ2n) is 4.81. The minimum Gasteiger partial charge on any atom is -0.478 e. The standard InChI is InChI=1S/C15H18N2O3/c1-10-4-5-11(8-13(10)17(2)3)16-9-14-12(15(18)19)6-7-20-14/h4-8,16H,9H2,1-3H3,(H,18,19). The van der Waals surface area contributed by atoms with Crippen molar-refractivity contribution in [3.8, 4) is 0 Å². The van der Waals surface area contributed by atoms with Gasteiger partial charge < -0.3 is 19.7 Å². The van der Waals surface area contributed by atoms with E-state index < -0.39 is 5.97 Å². The van der Waals surface area contributed by atoms with Crippen molar-refractivity contribution in [3.05, 3.63) is 47.4 Å². The quantitative estimate of drug-likeness (QED) is 0.877. The lowest BCUT2D eigenvalue weighted by atomic mass is 10.1. The van der Waals surface area contributed by atoms with Crippen LogP contribution in [0, 0.1) is 6.92 Å². The van der Waals surface area contributed by atoms with Crippen molar-refractivity contribution in [1.29, 1.82) is 0 Å². The summed E-state index contributed by atoms with van der Waals surface area (Å²) < 4.78 is 5.20. The average Bonchev–Trinajstić information content (AvgIpc) is 2.86. The predicted octanol–water partition coefficient (Wildman–Crippen LogP) is 2.96. The molecule has 2 N–H and O–H groups in total. The third-order valence-electron chi connectivity index (χ3n) is 3.12. The molecule has 5 nitrogen and oxygen atoms in total. The van der Waals surface area contributed by atoms with Crippen LogP contribution < -0.4 is 10.2 Å². The monoisotopic (exact) mass is 274 g/mol. The van der Waals surface area contributed by atoms with Gasteiger partial charge in [-0.25, -0.2) is 4.79 Å². The van der Waals surface area contributed by atoms with Gasteiger partial charge in [0.1, 0.15) is 11.3 Å². The molecule has 1 heterocycles. The van der Waals surface area contributed by atoms with Crippen molar-refractivity contribution in [1.82, 2.24) is 0 Å². The average molecular weight is 274 g/mol. The number of nitrogens with one attached hydrogen (secondary N) is 1. The van der Waals surface area contributed by atoms with Gasteiger partial charge in [0.25, 0.3) is 0 Å². The van der Waals surface area contributed by atoms with Crippen molar-refractivity contribution in [2.24, 2.45) is 0 Å². The fourth-order valence-corrected chi connectivity index (χ4v) is 2.05. The lowest BCUT2D eigenvalue weighted by Gasteiger charge is -2.17. The van der Waals surface area contributed by atoms with Gasteiger partial charge >= 0.3 is 5.97 Å². The molecule has 1 aromatic carbocycles. The van der Waals surface area contributed by atoms with Crippen LogP contribution in [-0.4, -0.2) is 25.2 Å². The topological polar surface area (TPSA) is 65.7 Å². The van der Waals surface area contributed by atoms with Crippen LogP contribution in [0.5, 0.6) is 0 Å². The molecule has 0 unspecified atom stereocenters. The van der Waals surface area contributed by atoms with Crippen LogP contribution in [0.15, 0.2) is 34.9 Å². The second kappa shape index (κ2) is 5.69. The molecule has 0 radical (unpaired) electrons. The molecule has 5 heteroatoms. The van der Waals surface area contributed by atoms with Crippen LogP contribution in [-0.2, 0) is 6.54 Å². The molecule has 0 saturated carbocycles. The third-order valence-corrected chi connectivity index (χ3v) is 3.12. The molecule has 2 rings (SSSR count). The van der Waals surface area contributed by atoms with Crippen molar-refractivity contribution >= 4 is 17.3 Å². The van der Waals surface area contributed by atoms with Gasteiger partial charge in [0.05, 0.1) is 12.8 Å². The number of aromatic carboxylic acids is 1. The summed E-state index contributed by atoms with van der Waals surface area (Å²) in [5.74, 6) is -0.557. The molecule has 0 amide bonds. The van der Waals surface area contributed by atoms with Crippen molar-refractivity contribution in [2.45, 2.75) is 13.5 Å². The molecule has 0 fully saturated rings. The maximum absolute atomic E-state index is 11.0. The van der Waals surface area contributed by atoms with Gasteiger partial charge in [-0.3, -0.25) is 0 Å². The first-order valence-electron chi connectivity index (χ1n) is 6.30. The minimum absolute atomic E-state index is 0.192. The third kappa shape index (κ3) is 2.93. The molecule has 106 valence electrons. The number of hydrogen-bond donors (Lipinski definition) is 2. The lowest BCUT2D eigenvalue weighted by molar-refractivity contribution is 0.0694. The van der Waals surface area contributed by atoms with Crippen molar-refractivity contribution in [2.75, 3.05) is 24.3 Å². The summed E-state index contributed by atoms with van der Waals surface area (Å²) in [5.41, 5.74) is 3.42. The maximum Gasteiger partial charge on any atom is 0.339 e. The van der Waals surface area contributed by atoms with Crippen molar-refractivity contribution < 1.29 is 14.3 Å². The van der Waals surface area contributed by atoms with E-state index in [4.69, 9.17) is 9.52 Å². The van der Waals surface area contributed by atoms with Crippen LogP contribution >= 0.6 is 0 Å². The maximum atomic E-state index is 11.0. The van der Waals surface area contributed by atoms with E-state index in [1.807, 2.05) is 44.1 Å². The number of furan rings is 1. The normalized spacial score (nSPS) is 10.3. The molecular weight excluding hydrogens is 256 g/mol. The number of rotatable bonds is 5. The molecule has 1 aromatic heterocycles. The molecule has 0 saturated heterocycles. The van der Waals surface area contributed by atoms with E-state index in [2.05, 4.69) is 5.32 Å². The second-order valence-corrected chi connectivity index (χ2v) is 4.81. The van der Waals surface area contributed by atoms with Gasteiger partial charge in [0.15, 0.2) is 0 Å². The molecule has 2 aromatic rings. The van der Waals surface area contributed by atoms with Gasteiger partial charge in [-0.2, -0.15) is 0 Å². The zero-order valence-corrected chi connectivity index (χ0v) is 11.8. The lowest BCUT2D eigenvalue weighted by Crippen LogP contribution is -2.11. The fraction of sp³-hybridized carbons (Fsp3) is 0.267. The highest BCUT2D eigenvalue weighted by Gasteiger charge is 2.13. The number of nitrogens with zero attached hydrogens (tertiary/aromatic N) is 1. The first kappa shape index (κ1) is 14.0. The summed E-state index contributed by atoms with van der Waals surface area (Å²) in [6.45, 7) is 2.39. The summed E-state index contributed by atoms with van der Waals surface area (Å²) in [4.78, 5) is 13.0. The molecule has 0 spiro atoms. The Morgan fingerprint density at radius 1 is 1.35 bits per heavy atom. The Hall–Kier alpha value is -2.43. The van der Waals surface area contributed by atoms with E-state index in [-0.39, 0.29) is 5.56 Å². The van der Waals surface area contributed by atoms with Gasteiger partial charge in [-0.15, -0.1) is 0 Å². The Labute approximate surface area is 117 Å². The SMILES string of the molecule is Cc1ccc(NCc2occc2C(=O)O)cc1N(C)C. The van der Waals surface area contributed by atoms with E-state index in [0.29, 0.717) is 12.3 Å². The number of carbonyl (C=O) groups is 1.